The summed E-state index contributed by atoms with van der Waals surface area (Å²) in [4.78, 5) is 0. The average molecular weight is 318 g/mol. The zero-order valence-corrected chi connectivity index (χ0v) is 13.7. The Hall–Kier alpha value is -1.02. The maximum Gasteiger partial charge on any atom is 0.397 e. The number of benzene rings is 1. The third-order valence-corrected chi connectivity index (χ3v) is 4.24. The number of hydrogen-bond acceptors (Lipinski definition) is 4. The molecule has 1 aromatic carbocycles. The minimum absolute atomic E-state index is 0.0289. The highest BCUT2D eigenvalue weighted by atomic mass is 32.3. The van der Waals surface area contributed by atoms with Crippen LogP contribution in [-0.2, 0) is 21.1 Å². The highest BCUT2D eigenvalue weighted by molar-refractivity contribution is 7.80. The zero-order valence-electron chi connectivity index (χ0n) is 12.1. The van der Waals surface area contributed by atoms with Gasteiger partial charge in [-0.1, -0.05) is 17.4 Å². The maximum atomic E-state index is 9.56. The fraction of sp³-hybridized carbons (Fsp3) is 0.462. The summed E-state index contributed by atoms with van der Waals surface area (Å²) in [5, 5.41) is 1.39. The quantitative estimate of drug-likeness (QED) is 0.698. The minimum Gasteiger partial charge on any atom is -0.264 e. The lowest BCUT2D eigenvalue weighted by Crippen LogP contribution is -2.33. The number of fused-ring (bicyclic) bond motifs is 1. The summed E-state index contributed by atoms with van der Waals surface area (Å²) < 4.78 is 34.4. The molecule has 20 heavy (non-hydrogen) atoms. The van der Waals surface area contributed by atoms with E-state index in [0.717, 1.165) is 6.54 Å². The highest BCUT2D eigenvalue weighted by Crippen LogP contribution is 2.20. The molecule has 0 fully saturated rings. The van der Waals surface area contributed by atoms with E-state index < -0.39 is 10.4 Å². The molecule has 5 nitrogen and oxygen atoms in total. The zero-order chi connectivity index (χ0) is 15.3. The van der Waals surface area contributed by atoms with Crippen LogP contribution in [0.2, 0.25) is 0 Å². The first-order chi connectivity index (χ1) is 9.28. The first-order valence-electron chi connectivity index (χ1n) is 6.30. The Labute approximate surface area is 123 Å². The molecular weight excluding hydrogens is 298 g/mol. The van der Waals surface area contributed by atoms with Gasteiger partial charge in [0.2, 0.25) is 10.5 Å². The summed E-state index contributed by atoms with van der Waals surface area (Å²) in [6, 6.07) is 6.66. The van der Waals surface area contributed by atoms with Crippen LogP contribution >= 0.6 is 11.3 Å². The van der Waals surface area contributed by atoms with Crippen molar-refractivity contribution in [1.29, 1.82) is 0 Å². The van der Waals surface area contributed by atoms with E-state index in [1.165, 1.54) is 27.7 Å². The van der Waals surface area contributed by atoms with Crippen molar-refractivity contribution in [3.63, 3.8) is 0 Å². The first-order valence-corrected chi connectivity index (χ1v) is 8.48. The summed E-state index contributed by atoms with van der Waals surface area (Å²) in [5.74, 6) is 0. The van der Waals surface area contributed by atoms with Crippen molar-refractivity contribution >= 4 is 32.0 Å². The van der Waals surface area contributed by atoms with Crippen molar-refractivity contribution in [3.05, 3.63) is 28.8 Å². The molecule has 2 aromatic rings. The lowest BCUT2D eigenvalue weighted by molar-refractivity contribution is -0.669. The highest BCUT2D eigenvalue weighted by Gasteiger charge is 2.14. The molecule has 0 saturated heterocycles. The van der Waals surface area contributed by atoms with Gasteiger partial charge in [-0.3, -0.25) is 4.55 Å². The number of aromatic nitrogens is 1. The molecule has 1 N–H and O–H groups in total. The Morgan fingerprint density at radius 3 is 2.40 bits per heavy atom. The molecule has 0 aliphatic carbocycles. The van der Waals surface area contributed by atoms with Crippen molar-refractivity contribution in [2.75, 3.05) is 6.61 Å². The van der Waals surface area contributed by atoms with Gasteiger partial charge < -0.3 is 0 Å². The molecule has 0 bridgehead atoms. The fourth-order valence-corrected chi connectivity index (χ4v) is 3.21. The average Bonchev–Trinajstić information content (AvgIpc) is 2.63. The molecule has 1 heterocycles. The van der Waals surface area contributed by atoms with E-state index in [0.29, 0.717) is 0 Å². The number of rotatable bonds is 3. The summed E-state index contributed by atoms with van der Waals surface area (Å²) >= 11 is 1.87. The number of hydrogen-bond donors (Lipinski definition) is 1. The Balaban J connectivity index is 0.000000246. The van der Waals surface area contributed by atoms with Crippen molar-refractivity contribution < 1.29 is 21.7 Å². The number of aryl methyl sites for hydroxylation is 3. The molecule has 7 heteroatoms. The van der Waals surface area contributed by atoms with Gasteiger partial charge in [-0.2, -0.15) is 13.0 Å². The molecule has 0 spiro atoms. The van der Waals surface area contributed by atoms with Crippen molar-refractivity contribution in [2.45, 2.75) is 34.2 Å². The molecule has 112 valence electrons. The Morgan fingerprint density at radius 1 is 1.30 bits per heavy atom. The van der Waals surface area contributed by atoms with E-state index in [1.54, 1.807) is 0 Å². The second-order valence-electron chi connectivity index (χ2n) is 4.17. The Bertz CT molecular complexity index is 677. The molecule has 0 amide bonds. The van der Waals surface area contributed by atoms with Crippen LogP contribution in [0.25, 0.3) is 10.2 Å². The van der Waals surface area contributed by atoms with Crippen LogP contribution < -0.4 is 4.57 Å². The first kappa shape index (κ1) is 17.0. The molecule has 0 saturated carbocycles. The molecule has 0 aliphatic rings. The van der Waals surface area contributed by atoms with Crippen LogP contribution in [0.15, 0.2) is 18.2 Å². The van der Waals surface area contributed by atoms with Gasteiger partial charge in [0, 0.05) is 13.0 Å². The smallest absolute Gasteiger partial charge is 0.264 e. The molecule has 0 atom stereocenters. The Kier molecular flexibility index (Phi) is 6.07. The summed E-state index contributed by atoms with van der Waals surface area (Å²) in [5.41, 5.74) is 2.72. The van der Waals surface area contributed by atoms with Crippen molar-refractivity contribution in [2.24, 2.45) is 0 Å². The summed E-state index contributed by atoms with van der Waals surface area (Å²) in [6.07, 6.45) is 0. The largest absolute Gasteiger partial charge is 0.397 e. The number of thiazole rings is 1. The Morgan fingerprint density at radius 2 is 1.95 bits per heavy atom. The normalized spacial score (nSPS) is 11.2. The van der Waals surface area contributed by atoms with Gasteiger partial charge >= 0.3 is 10.4 Å². The second-order valence-corrected chi connectivity index (χ2v) is 6.50. The SMILES string of the molecule is CCOS(=O)(=O)O.CC[n+]1c(C)sc2ccc(C)cc21. The molecule has 2 rings (SSSR count). The summed E-state index contributed by atoms with van der Waals surface area (Å²) in [7, 11) is -4.17. The standard InChI is InChI=1S/C11H14NS.C2H6O4S/c1-4-12-9(3)13-11-6-5-8(2)7-10(11)12;1-2-6-7(3,4)5/h5-7H,4H2,1-3H3;2H2,1H3,(H,3,4,5)/q+1;. The van der Waals surface area contributed by atoms with Gasteiger partial charge in [0.1, 0.15) is 11.2 Å². The topological polar surface area (TPSA) is 67.5 Å². The summed E-state index contributed by atoms with van der Waals surface area (Å²) in [6.45, 7) is 9.03. The van der Waals surface area contributed by atoms with Crippen LogP contribution in [0.5, 0.6) is 0 Å². The van der Waals surface area contributed by atoms with E-state index in [1.807, 2.05) is 11.3 Å². The lowest BCUT2D eigenvalue weighted by Gasteiger charge is -1.91. The van der Waals surface area contributed by atoms with Crippen LogP contribution in [0.4, 0.5) is 0 Å². The van der Waals surface area contributed by atoms with Gasteiger partial charge in [0.05, 0.1) is 6.61 Å². The van der Waals surface area contributed by atoms with Gasteiger partial charge in [-0.05, 0) is 32.4 Å². The van der Waals surface area contributed by atoms with Crippen molar-refractivity contribution in [3.8, 4) is 0 Å². The van der Waals surface area contributed by atoms with E-state index in [-0.39, 0.29) is 6.61 Å². The maximum absolute atomic E-state index is 9.56. The molecule has 0 radical (unpaired) electrons. The minimum atomic E-state index is -4.17. The third kappa shape index (κ3) is 4.82. The van der Waals surface area contributed by atoms with Gasteiger partial charge in [-0.15, -0.1) is 0 Å². The van der Waals surface area contributed by atoms with E-state index in [4.69, 9.17) is 4.55 Å². The van der Waals surface area contributed by atoms with Crippen LogP contribution in [0.3, 0.4) is 0 Å². The van der Waals surface area contributed by atoms with Crippen molar-refractivity contribution in [1.82, 2.24) is 0 Å². The van der Waals surface area contributed by atoms with E-state index in [9.17, 15) is 8.42 Å². The van der Waals surface area contributed by atoms with E-state index in [2.05, 4.69) is 47.7 Å². The lowest BCUT2D eigenvalue weighted by atomic mass is 10.2. The van der Waals surface area contributed by atoms with Gasteiger partial charge in [0.15, 0.2) is 0 Å². The molecular formula is C13H20NO4S2+. The van der Waals surface area contributed by atoms with Gasteiger partial charge in [0.25, 0.3) is 0 Å². The van der Waals surface area contributed by atoms with E-state index >= 15 is 0 Å². The van der Waals surface area contributed by atoms with Crippen LogP contribution in [-0.4, -0.2) is 19.6 Å². The van der Waals surface area contributed by atoms with Gasteiger partial charge in [-0.25, -0.2) is 4.18 Å². The predicted octanol–water partition coefficient (Wildman–Crippen LogP) is 2.65. The predicted molar refractivity (Wildman–Crippen MR) is 80.3 cm³/mol. The fourth-order valence-electron chi connectivity index (χ4n) is 1.85. The monoisotopic (exact) mass is 318 g/mol. The van der Waals surface area contributed by atoms with Crippen LogP contribution in [0.1, 0.15) is 24.4 Å². The van der Waals surface area contributed by atoms with Crippen LogP contribution in [0, 0.1) is 13.8 Å². The second kappa shape index (κ2) is 7.12. The molecule has 0 aliphatic heterocycles. The number of nitrogens with zero attached hydrogens (tertiary/aromatic N) is 1. The third-order valence-electron chi connectivity index (χ3n) is 2.63. The molecule has 0 unspecified atom stereocenters. The molecule has 1 aromatic heterocycles.